The van der Waals surface area contributed by atoms with Gasteiger partial charge in [0.25, 0.3) is 0 Å². The first kappa shape index (κ1) is 16.9. The Morgan fingerprint density at radius 1 is 1.17 bits per heavy atom. The van der Waals surface area contributed by atoms with Crippen molar-refractivity contribution in [1.29, 1.82) is 0 Å². The molecule has 4 heteroatoms. The Labute approximate surface area is 110 Å². The molecule has 1 unspecified atom stereocenters. The fourth-order valence-electron chi connectivity index (χ4n) is 2.12. The Morgan fingerprint density at radius 3 is 2.06 bits per heavy atom. The van der Waals surface area contributed by atoms with Crippen molar-refractivity contribution in [3.8, 4) is 0 Å². The average Bonchev–Trinajstić information content (AvgIpc) is 2.22. The van der Waals surface area contributed by atoms with Crippen molar-refractivity contribution in [2.75, 3.05) is 13.1 Å². The van der Waals surface area contributed by atoms with Gasteiger partial charge in [0, 0.05) is 12.5 Å². The van der Waals surface area contributed by atoms with Crippen molar-refractivity contribution < 1.29 is 14.7 Å². The molecule has 0 aliphatic heterocycles. The second-order valence-electron chi connectivity index (χ2n) is 5.65. The zero-order valence-corrected chi connectivity index (χ0v) is 12.3. The van der Waals surface area contributed by atoms with Crippen LogP contribution in [0.25, 0.3) is 0 Å². The topological polar surface area (TPSA) is 57.6 Å². The minimum absolute atomic E-state index is 0.0112. The smallest absolute Gasteiger partial charge is 0.323 e. The van der Waals surface area contributed by atoms with Gasteiger partial charge in [0.1, 0.15) is 6.54 Å². The predicted molar refractivity (Wildman–Crippen MR) is 72.3 cm³/mol. The maximum Gasteiger partial charge on any atom is 0.323 e. The Balaban J connectivity index is 4.83. The van der Waals surface area contributed by atoms with Crippen molar-refractivity contribution >= 4 is 11.9 Å². The van der Waals surface area contributed by atoms with Crippen LogP contribution in [0.3, 0.4) is 0 Å². The van der Waals surface area contributed by atoms with E-state index in [1.807, 2.05) is 34.6 Å². The second-order valence-corrected chi connectivity index (χ2v) is 5.65. The van der Waals surface area contributed by atoms with E-state index in [9.17, 15) is 9.59 Å². The summed E-state index contributed by atoms with van der Waals surface area (Å²) < 4.78 is 0. The highest BCUT2D eigenvalue weighted by Crippen LogP contribution is 2.20. The molecular formula is C14H27NO3. The van der Waals surface area contributed by atoms with Crippen LogP contribution in [0.1, 0.15) is 47.5 Å². The van der Waals surface area contributed by atoms with E-state index in [-0.39, 0.29) is 30.2 Å². The van der Waals surface area contributed by atoms with Gasteiger partial charge in [0.2, 0.25) is 5.91 Å². The number of aliphatic carboxylic acids is 1. The summed E-state index contributed by atoms with van der Waals surface area (Å²) in [5.74, 6) is -0.484. The van der Waals surface area contributed by atoms with Gasteiger partial charge in [0.05, 0.1) is 0 Å². The lowest BCUT2D eigenvalue weighted by Crippen LogP contribution is -2.43. The first-order valence-electron chi connectivity index (χ1n) is 6.80. The second kappa shape index (κ2) is 8.11. The third-order valence-corrected chi connectivity index (χ3v) is 2.94. The van der Waals surface area contributed by atoms with Crippen LogP contribution >= 0.6 is 0 Å². The molecule has 0 aromatic heterocycles. The molecule has 0 spiro atoms. The molecule has 0 radical (unpaired) electrons. The highest BCUT2D eigenvalue weighted by atomic mass is 16.4. The number of amides is 1. The van der Waals surface area contributed by atoms with Gasteiger partial charge in [-0.2, -0.15) is 0 Å². The molecule has 4 nitrogen and oxygen atoms in total. The third-order valence-electron chi connectivity index (χ3n) is 2.94. The molecule has 1 amide bonds. The molecule has 18 heavy (non-hydrogen) atoms. The Morgan fingerprint density at radius 2 is 1.72 bits per heavy atom. The normalized spacial score (nSPS) is 12.8. The molecule has 0 aliphatic rings. The molecular weight excluding hydrogens is 230 g/mol. The molecule has 0 heterocycles. The molecule has 0 saturated carbocycles. The summed E-state index contributed by atoms with van der Waals surface area (Å²) in [5.41, 5.74) is 0. The minimum Gasteiger partial charge on any atom is -0.480 e. The predicted octanol–water partition coefficient (Wildman–Crippen LogP) is 2.63. The van der Waals surface area contributed by atoms with E-state index in [0.29, 0.717) is 6.54 Å². The van der Waals surface area contributed by atoms with Crippen molar-refractivity contribution in [2.24, 2.45) is 17.8 Å². The van der Waals surface area contributed by atoms with E-state index in [1.54, 1.807) is 0 Å². The Bertz CT molecular complexity index is 274. The van der Waals surface area contributed by atoms with Gasteiger partial charge in [-0.3, -0.25) is 9.59 Å². The largest absolute Gasteiger partial charge is 0.480 e. The summed E-state index contributed by atoms with van der Waals surface area (Å²) in [6, 6.07) is 0. The van der Waals surface area contributed by atoms with Crippen molar-refractivity contribution in [1.82, 2.24) is 4.90 Å². The molecule has 0 aromatic carbocycles. The van der Waals surface area contributed by atoms with Gasteiger partial charge in [0.15, 0.2) is 0 Å². The molecule has 0 rings (SSSR count). The van der Waals surface area contributed by atoms with E-state index in [2.05, 4.69) is 0 Å². The lowest BCUT2D eigenvalue weighted by Gasteiger charge is -2.29. The summed E-state index contributed by atoms with van der Waals surface area (Å²) >= 11 is 0. The molecule has 0 saturated heterocycles. The van der Waals surface area contributed by atoms with Crippen LogP contribution in [-0.2, 0) is 9.59 Å². The number of carbonyl (C=O) groups excluding carboxylic acids is 1. The van der Waals surface area contributed by atoms with Gasteiger partial charge in [-0.05, 0) is 18.3 Å². The number of hydrogen-bond acceptors (Lipinski definition) is 2. The zero-order valence-electron chi connectivity index (χ0n) is 12.3. The number of carbonyl (C=O) groups is 2. The lowest BCUT2D eigenvalue weighted by molar-refractivity contribution is -0.147. The number of carboxylic acids is 1. The van der Waals surface area contributed by atoms with Crippen LogP contribution in [0.2, 0.25) is 0 Å². The quantitative estimate of drug-likeness (QED) is 0.727. The third kappa shape index (κ3) is 6.03. The van der Waals surface area contributed by atoms with Crippen LogP contribution in [0.4, 0.5) is 0 Å². The van der Waals surface area contributed by atoms with Crippen molar-refractivity contribution in [3.05, 3.63) is 0 Å². The van der Waals surface area contributed by atoms with E-state index in [4.69, 9.17) is 5.11 Å². The molecule has 0 aromatic rings. The summed E-state index contributed by atoms with van der Waals surface area (Å²) in [6.07, 6.45) is 1.77. The summed E-state index contributed by atoms with van der Waals surface area (Å²) in [5, 5.41) is 8.90. The molecule has 1 N–H and O–H groups in total. The number of carboxylic acid groups (broad SMARTS) is 1. The Hall–Kier alpha value is -1.06. The first-order chi connectivity index (χ1) is 8.29. The van der Waals surface area contributed by atoms with Gasteiger partial charge in [-0.1, -0.05) is 41.0 Å². The fraction of sp³-hybridized carbons (Fsp3) is 0.857. The minimum atomic E-state index is -0.942. The van der Waals surface area contributed by atoms with E-state index >= 15 is 0 Å². The van der Waals surface area contributed by atoms with Gasteiger partial charge < -0.3 is 10.0 Å². The molecule has 0 aliphatic carbocycles. The van der Waals surface area contributed by atoms with E-state index in [0.717, 1.165) is 12.8 Å². The highest BCUT2D eigenvalue weighted by molar-refractivity contribution is 5.83. The van der Waals surface area contributed by atoms with Crippen LogP contribution in [0.5, 0.6) is 0 Å². The van der Waals surface area contributed by atoms with Crippen molar-refractivity contribution in [3.63, 3.8) is 0 Å². The monoisotopic (exact) mass is 257 g/mol. The van der Waals surface area contributed by atoms with Crippen molar-refractivity contribution in [2.45, 2.75) is 47.5 Å². The van der Waals surface area contributed by atoms with Gasteiger partial charge >= 0.3 is 5.97 Å². The number of rotatable bonds is 8. The molecule has 1 atom stereocenters. The van der Waals surface area contributed by atoms with Crippen LogP contribution in [0.15, 0.2) is 0 Å². The van der Waals surface area contributed by atoms with Crippen LogP contribution < -0.4 is 0 Å². The lowest BCUT2D eigenvalue weighted by atomic mass is 9.90. The number of hydrogen-bond donors (Lipinski definition) is 1. The van der Waals surface area contributed by atoms with Crippen LogP contribution in [-0.4, -0.2) is 35.0 Å². The maximum absolute atomic E-state index is 12.4. The summed E-state index contributed by atoms with van der Waals surface area (Å²) in [6.45, 7) is 10.4. The highest BCUT2D eigenvalue weighted by Gasteiger charge is 2.27. The van der Waals surface area contributed by atoms with E-state index in [1.165, 1.54) is 4.90 Å². The summed E-state index contributed by atoms with van der Waals surface area (Å²) in [4.78, 5) is 24.8. The first-order valence-corrected chi connectivity index (χ1v) is 6.80. The standard InChI is InChI=1S/C14H27NO3/c1-6-7-12(11(4)5)14(18)15(8-10(2)3)9-13(16)17/h10-12H,6-9H2,1-5H3,(H,16,17). The van der Waals surface area contributed by atoms with Gasteiger partial charge in [-0.15, -0.1) is 0 Å². The summed E-state index contributed by atoms with van der Waals surface area (Å²) in [7, 11) is 0. The zero-order chi connectivity index (χ0) is 14.3. The maximum atomic E-state index is 12.4. The number of nitrogens with zero attached hydrogens (tertiary/aromatic N) is 1. The molecule has 0 fully saturated rings. The van der Waals surface area contributed by atoms with E-state index < -0.39 is 5.97 Å². The fourth-order valence-corrected chi connectivity index (χ4v) is 2.12. The molecule has 106 valence electrons. The van der Waals surface area contributed by atoms with Gasteiger partial charge in [-0.25, -0.2) is 0 Å². The van der Waals surface area contributed by atoms with Crippen LogP contribution in [0, 0.1) is 17.8 Å². The molecule has 0 bridgehead atoms. The average molecular weight is 257 g/mol. The Kier molecular flexibility index (Phi) is 7.64. The SMILES string of the molecule is CCCC(C(=O)N(CC(=O)O)CC(C)C)C(C)C.